The molecule has 4 nitrogen and oxygen atoms in total. The van der Waals surface area contributed by atoms with Gasteiger partial charge in [0.2, 0.25) is 5.91 Å². The van der Waals surface area contributed by atoms with Crippen molar-refractivity contribution in [1.29, 1.82) is 0 Å². The lowest BCUT2D eigenvalue weighted by Gasteiger charge is -2.12. The van der Waals surface area contributed by atoms with Crippen LogP contribution >= 0.6 is 0 Å². The minimum Gasteiger partial charge on any atom is -0.361 e. The molecule has 1 fully saturated rings. The van der Waals surface area contributed by atoms with Crippen molar-refractivity contribution in [2.45, 2.75) is 44.8 Å². The molecule has 0 spiro atoms. The SMILES string of the molecule is Cc1noc(C)c1CC(=O)N[C@@H]1C[C@@H]1c1ccccc1C(F)(F)F. The predicted octanol–water partition coefficient (Wildman–Crippen LogP) is 3.53. The van der Waals surface area contributed by atoms with E-state index in [1.807, 2.05) is 0 Å². The first kappa shape index (κ1) is 16.5. The quantitative estimate of drug-likeness (QED) is 0.928. The molecular weight excluding hydrogens is 321 g/mol. The number of alkyl halides is 3. The van der Waals surface area contributed by atoms with Crippen LogP contribution in [0.3, 0.4) is 0 Å². The molecule has 0 saturated heterocycles. The second kappa shape index (κ2) is 5.96. The Labute approximate surface area is 137 Å². The number of nitrogens with zero attached hydrogens (tertiary/aromatic N) is 1. The van der Waals surface area contributed by atoms with Crippen LogP contribution in [0.15, 0.2) is 28.8 Å². The van der Waals surface area contributed by atoms with Crippen molar-refractivity contribution in [3.05, 3.63) is 52.4 Å². The lowest BCUT2D eigenvalue weighted by atomic mass is 10.0. The summed E-state index contributed by atoms with van der Waals surface area (Å²) in [5, 5.41) is 6.58. The standard InChI is InChI=1S/C17H17F3N2O2/c1-9-12(10(2)24-22-9)8-16(23)21-15-7-13(15)11-5-3-4-6-14(11)17(18,19)20/h3-6,13,15H,7-8H2,1-2H3,(H,21,23)/t13-,15-/m1/s1. The average Bonchev–Trinajstić information content (AvgIpc) is 3.21. The zero-order valence-corrected chi connectivity index (χ0v) is 13.3. The van der Waals surface area contributed by atoms with E-state index in [-0.39, 0.29) is 29.9 Å². The molecule has 0 bridgehead atoms. The van der Waals surface area contributed by atoms with Crippen LogP contribution < -0.4 is 5.32 Å². The summed E-state index contributed by atoms with van der Waals surface area (Å²) in [7, 11) is 0. The highest BCUT2D eigenvalue weighted by molar-refractivity contribution is 5.79. The van der Waals surface area contributed by atoms with Crippen molar-refractivity contribution in [1.82, 2.24) is 10.5 Å². The summed E-state index contributed by atoms with van der Waals surface area (Å²) in [5.74, 6) is 0.0512. The van der Waals surface area contributed by atoms with E-state index in [9.17, 15) is 18.0 Å². The van der Waals surface area contributed by atoms with E-state index >= 15 is 0 Å². The topological polar surface area (TPSA) is 55.1 Å². The third kappa shape index (κ3) is 3.29. The molecule has 24 heavy (non-hydrogen) atoms. The van der Waals surface area contributed by atoms with Crippen LogP contribution in [0, 0.1) is 13.8 Å². The molecule has 128 valence electrons. The molecule has 2 atom stereocenters. The second-order valence-corrected chi connectivity index (χ2v) is 6.08. The molecule has 1 saturated carbocycles. The Morgan fingerprint density at radius 2 is 2.04 bits per heavy atom. The van der Waals surface area contributed by atoms with E-state index in [4.69, 9.17) is 4.52 Å². The number of benzene rings is 1. The van der Waals surface area contributed by atoms with Gasteiger partial charge in [-0.15, -0.1) is 0 Å². The molecule has 2 aromatic rings. The molecule has 1 amide bonds. The Hall–Kier alpha value is -2.31. The zero-order valence-electron chi connectivity index (χ0n) is 13.3. The highest BCUT2D eigenvalue weighted by atomic mass is 19.4. The van der Waals surface area contributed by atoms with Crippen LogP contribution in [0.2, 0.25) is 0 Å². The fourth-order valence-electron chi connectivity index (χ4n) is 2.95. The Kier molecular flexibility index (Phi) is 4.11. The number of carbonyl (C=O) groups is 1. The molecule has 1 aliphatic carbocycles. The van der Waals surface area contributed by atoms with Gasteiger partial charge in [0.05, 0.1) is 17.7 Å². The van der Waals surface area contributed by atoms with E-state index in [0.717, 1.165) is 11.6 Å². The molecule has 0 aliphatic heterocycles. The second-order valence-electron chi connectivity index (χ2n) is 6.08. The number of rotatable bonds is 4. The smallest absolute Gasteiger partial charge is 0.361 e. The number of carbonyl (C=O) groups excluding carboxylic acids is 1. The van der Waals surface area contributed by atoms with Crippen molar-refractivity contribution in [3.63, 3.8) is 0 Å². The van der Waals surface area contributed by atoms with Gasteiger partial charge in [0.15, 0.2) is 0 Å². The first-order valence-corrected chi connectivity index (χ1v) is 7.64. The lowest BCUT2D eigenvalue weighted by molar-refractivity contribution is -0.138. The monoisotopic (exact) mass is 338 g/mol. The van der Waals surface area contributed by atoms with E-state index in [1.165, 1.54) is 12.1 Å². The first-order valence-electron chi connectivity index (χ1n) is 7.64. The summed E-state index contributed by atoms with van der Waals surface area (Å²) >= 11 is 0. The van der Waals surface area contributed by atoms with Gasteiger partial charge in [-0.2, -0.15) is 13.2 Å². The Morgan fingerprint density at radius 3 is 2.67 bits per heavy atom. The molecule has 1 N–H and O–H groups in total. The van der Waals surface area contributed by atoms with Gasteiger partial charge in [0.25, 0.3) is 0 Å². The molecule has 1 aliphatic rings. The van der Waals surface area contributed by atoms with Gasteiger partial charge in [0, 0.05) is 17.5 Å². The maximum absolute atomic E-state index is 13.1. The van der Waals surface area contributed by atoms with Crippen molar-refractivity contribution in [2.24, 2.45) is 0 Å². The molecule has 1 aromatic heterocycles. The van der Waals surface area contributed by atoms with Crippen molar-refractivity contribution in [3.8, 4) is 0 Å². The van der Waals surface area contributed by atoms with Gasteiger partial charge >= 0.3 is 6.18 Å². The number of nitrogens with one attached hydrogen (secondary N) is 1. The highest BCUT2D eigenvalue weighted by Gasteiger charge is 2.44. The highest BCUT2D eigenvalue weighted by Crippen LogP contribution is 2.46. The number of hydrogen-bond acceptors (Lipinski definition) is 3. The molecular formula is C17H17F3N2O2. The number of aromatic nitrogens is 1. The maximum atomic E-state index is 13.1. The molecule has 1 heterocycles. The summed E-state index contributed by atoms with van der Waals surface area (Å²) in [6.07, 6.45) is -3.75. The summed E-state index contributed by atoms with van der Waals surface area (Å²) in [6.45, 7) is 3.47. The number of hydrogen-bond donors (Lipinski definition) is 1. The van der Waals surface area contributed by atoms with E-state index in [1.54, 1.807) is 19.9 Å². The van der Waals surface area contributed by atoms with Crippen molar-refractivity contribution in [2.75, 3.05) is 0 Å². The van der Waals surface area contributed by atoms with Crippen LogP contribution in [-0.2, 0) is 17.4 Å². The molecule has 1 aromatic carbocycles. The van der Waals surface area contributed by atoms with Crippen molar-refractivity contribution >= 4 is 5.91 Å². The maximum Gasteiger partial charge on any atom is 0.416 e. The van der Waals surface area contributed by atoms with E-state index < -0.39 is 11.7 Å². The number of halogens is 3. The largest absolute Gasteiger partial charge is 0.416 e. The van der Waals surface area contributed by atoms with Gasteiger partial charge in [-0.05, 0) is 31.9 Å². The predicted molar refractivity (Wildman–Crippen MR) is 80.4 cm³/mol. The molecule has 3 rings (SSSR count). The van der Waals surface area contributed by atoms with Gasteiger partial charge in [-0.1, -0.05) is 23.4 Å². The van der Waals surface area contributed by atoms with Crippen LogP contribution in [0.25, 0.3) is 0 Å². The number of aryl methyl sites for hydroxylation is 2. The Balaban J connectivity index is 1.66. The molecule has 7 heteroatoms. The summed E-state index contributed by atoms with van der Waals surface area (Å²) < 4.78 is 44.2. The van der Waals surface area contributed by atoms with Gasteiger partial charge in [-0.3, -0.25) is 4.79 Å². The normalized spacial score (nSPS) is 20.0. The fourth-order valence-corrected chi connectivity index (χ4v) is 2.95. The Morgan fingerprint density at radius 1 is 1.33 bits per heavy atom. The van der Waals surface area contributed by atoms with Crippen LogP contribution in [-0.4, -0.2) is 17.1 Å². The number of amides is 1. The van der Waals surface area contributed by atoms with Gasteiger partial charge < -0.3 is 9.84 Å². The third-order valence-corrected chi connectivity index (χ3v) is 4.32. The first-order chi connectivity index (χ1) is 11.3. The lowest BCUT2D eigenvalue weighted by Crippen LogP contribution is -2.28. The minimum atomic E-state index is -4.38. The third-order valence-electron chi connectivity index (χ3n) is 4.32. The van der Waals surface area contributed by atoms with Crippen molar-refractivity contribution < 1.29 is 22.5 Å². The van der Waals surface area contributed by atoms with Gasteiger partial charge in [-0.25, -0.2) is 0 Å². The van der Waals surface area contributed by atoms with E-state index in [2.05, 4.69) is 10.5 Å². The summed E-state index contributed by atoms with van der Waals surface area (Å²) in [5.41, 5.74) is 0.989. The molecule has 0 radical (unpaired) electrons. The van der Waals surface area contributed by atoms with Crippen LogP contribution in [0.4, 0.5) is 13.2 Å². The zero-order chi connectivity index (χ0) is 17.5. The van der Waals surface area contributed by atoms with Crippen LogP contribution in [0.1, 0.15) is 40.5 Å². The van der Waals surface area contributed by atoms with Crippen LogP contribution in [0.5, 0.6) is 0 Å². The summed E-state index contributed by atoms with van der Waals surface area (Å²) in [4.78, 5) is 12.1. The summed E-state index contributed by atoms with van der Waals surface area (Å²) in [6, 6.07) is 5.26. The minimum absolute atomic E-state index is 0.116. The Bertz CT molecular complexity index is 748. The average molecular weight is 338 g/mol. The molecule has 0 unspecified atom stereocenters. The fraction of sp³-hybridized carbons (Fsp3) is 0.412. The van der Waals surface area contributed by atoms with Gasteiger partial charge in [0.1, 0.15) is 5.76 Å². The van der Waals surface area contributed by atoms with E-state index in [0.29, 0.717) is 17.9 Å².